The van der Waals surface area contributed by atoms with Gasteiger partial charge >= 0.3 is 6.18 Å². The van der Waals surface area contributed by atoms with Crippen LogP contribution in [0.15, 0.2) is 22.7 Å². The molecule has 0 saturated carbocycles. The van der Waals surface area contributed by atoms with Gasteiger partial charge in [0.2, 0.25) is 0 Å². The third-order valence-corrected chi connectivity index (χ3v) is 3.54. The van der Waals surface area contributed by atoms with E-state index in [1.54, 1.807) is 12.1 Å². The predicted octanol–water partition coefficient (Wildman–Crippen LogP) is 3.37. The fourth-order valence-electron chi connectivity index (χ4n) is 1.45. The average molecular weight is 276 g/mol. The van der Waals surface area contributed by atoms with Gasteiger partial charge in [0, 0.05) is 17.5 Å². The summed E-state index contributed by atoms with van der Waals surface area (Å²) in [5.74, 6) is 1.20. The van der Waals surface area contributed by atoms with Gasteiger partial charge in [-0.05, 0) is 12.1 Å². The maximum atomic E-state index is 12.4. The number of aryl methyl sites for hydroxylation is 1. The average Bonchev–Trinajstić information content (AvgIpc) is 2.96. The number of nitrogens with zero attached hydrogens (tertiary/aromatic N) is 1. The normalized spacial score (nSPS) is 13.8. The van der Waals surface area contributed by atoms with E-state index >= 15 is 0 Å². The minimum Gasteiger partial charge on any atom is -0.464 e. The Morgan fingerprint density at radius 3 is 2.67 bits per heavy atom. The molecule has 0 bridgehead atoms. The molecule has 2 N–H and O–H groups in total. The number of alkyl halides is 3. The lowest BCUT2D eigenvalue weighted by atomic mass is 10.2. The minimum atomic E-state index is -4.43. The van der Waals surface area contributed by atoms with E-state index in [0.29, 0.717) is 28.4 Å². The van der Waals surface area contributed by atoms with Gasteiger partial charge in [0.05, 0.1) is 6.04 Å². The molecule has 0 radical (unpaired) electrons. The van der Waals surface area contributed by atoms with Gasteiger partial charge in [-0.1, -0.05) is 6.92 Å². The fourth-order valence-corrected chi connectivity index (χ4v) is 2.25. The van der Waals surface area contributed by atoms with Crippen molar-refractivity contribution in [1.29, 1.82) is 0 Å². The molecule has 7 heteroatoms. The molecule has 0 spiro atoms. The number of hydrogen-bond acceptors (Lipinski definition) is 4. The molecule has 0 aliphatic rings. The summed E-state index contributed by atoms with van der Waals surface area (Å²) in [5, 5.41) is -0.893. The molecule has 18 heavy (non-hydrogen) atoms. The first kappa shape index (κ1) is 13.1. The van der Waals surface area contributed by atoms with E-state index in [1.165, 1.54) is 0 Å². The summed E-state index contributed by atoms with van der Waals surface area (Å²) in [6.07, 6.45) is -2.57. The number of thiazole rings is 1. The van der Waals surface area contributed by atoms with Crippen molar-refractivity contribution in [3.63, 3.8) is 0 Å². The second-order valence-corrected chi connectivity index (χ2v) is 4.76. The second-order valence-electron chi connectivity index (χ2n) is 3.70. The topological polar surface area (TPSA) is 52.0 Å². The highest BCUT2D eigenvalue weighted by atomic mass is 32.1. The number of rotatable bonds is 3. The molecule has 2 rings (SSSR count). The van der Waals surface area contributed by atoms with Gasteiger partial charge in [0.15, 0.2) is 5.01 Å². The third kappa shape index (κ3) is 2.56. The molecule has 98 valence electrons. The van der Waals surface area contributed by atoms with E-state index < -0.39 is 17.2 Å². The van der Waals surface area contributed by atoms with Crippen molar-refractivity contribution in [2.24, 2.45) is 5.73 Å². The Morgan fingerprint density at radius 2 is 2.17 bits per heavy atom. The summed E-state index contributed by atoms with van der Waals surface area (Å²) in [4.78, 5) is 3.67. The first-order valence-corrected chi connectivity index (χ1v) is 6.10. The summed E-state index contributed by atoms with van der Waals surface area (Å²) in [6, 6.07) is 2.73. The quantitative estimate of drug-likeness (QED) is 0.935. The lowest BCUT2D eigenvalue weighted by molar-refractivity contribution is -0.137. The Morgan fingerprint density at radius 1 is 1.44 bits per heavy atom. The second kappa shape index (κ2) is 4.74. The monoisotopic (exact) mass is 276 g/mol. The van der Waals surface area contributed by atoms with Crippen LogP contribution in [-0.4, -0.2) is 4.98 Å². The number of hydrogen-bond donors (Lipinski definition) is 1. The van der Waals surface area contributed by atoms with E-state index in [1.807, 2.05) is 6.92 Å². The molecule has 3 nitrogen and oxygen atoms in total. The van der Waals surface area contributed by atoms with Gasteiger partial charge in [-0.15, -0.1) is 11.3 Å². The van der Waals surface area contributed by atoms with Gasteiger partial charge in [-0.3, -0.25) is 0 Å². The SMILES string of the molecule is CCc1ccc(C(N)c2cnc(C(F)(F)F)s2)o1. The molecular weight excluding hydrogens is 265 g/mol. The zero-order valence-electron chi connectivity index (χ0n) is 9.49. The van der Waals surface area contributed by atoms with Crippen LogP contribution in [0.25, 0.3) is 0 Å². The highest BCUT2D eigenvalue weighted by Gasteiger charge is 2.35. The van der Waals surface area contributed by atoms with Crippen molar-refractivity contribution in [3.8, 4) is 0 Å². The number of furan rings is 1. The largest absolute Gasteiger partial charge is 0.464 e. The molecule has 0 fully saturated rings. The Kier molecular flexibility index (Phi) is 3.45. The maximum Gasteiger partial charge on any atom is 0.443 e. The summed E-state index contributed by atoms with van der Waals surface area (Å²) < 4.78 is 42.6. The van der Waals surface area contributed by atoms with Crippen LogP contribution in [0.3, 0.4) is 0 Å². The summed E-state index contributed by atoms with van der Waals surface area (Å²) in [6.45, 7) is 1.92. The Balaban J connectivity index is 2.23. The van der Waals surface area contributed by atoms with Crippen LogP contribution in [0.5, 0.6) is 0 Å². The summed E-state index contributed by atoms with van der Waals surface area (Å²) in [7, 11) is 0. The van der Waals surface area contributed by atoms with Crippen LogP contribution < -0.4 is 5.73 Å². The number of nitrogens with two attached hydrogens (primary N) is 1. The van der Waals surface area contributed by atoms with Crippen molar-refractivity contribution in [3.05, 3.63) is 39.7 Å². The van der Waals surface area contributed by atoms with Crippen LogP contribution in [0, 0.1) is 0 Å². The smallest absolute Gasteiger partial charge is 0.443 e. The van der Waals surface area contributed by atoms with Crippen LogP contribution in [0.1, 0.15) is 34.4 Å². The third-order valence-electron chi connectivity index (χ3n) is 2.41. The first-order valence-electron chi connectivity index (χ1n) is 5.29. The number of aromatic nitrogens is 1. The van der Waals surface area contributed by atoms with Crippen molar-refractivity contribution in [2.45, 2.75) is 25.6 Å². The maximum absolute atomic E-state index is 12.4. The van der Waals surface area contributed by atoms with E-state index in [0.717, 1.165) is 12.0 Å². The van der Waals surface area contributed by atoms with Crippen molar-refractivity contribution < 1.29 is 17.6 Å². The molecule has 1 unspecified atom stereocenters. The standard InChI is InChI=1S/C11H11F3N2OS/c1-2-6-3-4-7(17-6)9(15)8-5-16-10(18-8)11(12,13)14/h3-5,9H,2,15H2,1H3. The predicted molar refractivity (Wildman–Crippen MR) is 61.2 cm³/mol. The van der Waals surface area contributed by atoms with Crippen LogP contribution in [0.2, 0.25) is 0 Å². The van der Waals surface area contributed by atoms with Crippen LogP contribution in [-0.2, 0) is 12.6 Å². The summed E-state index contributed by atoms with van der Waals surface area (Å²) in [5.41, 5.74) is 5.85. The molecule has 0 aliphatic heterocycles. The first-order chi connectivity index (χ1) is 8.41. The van der Waals surface area contributed by atoms with E-state index in [4.69, 9.17) is 10.2 Å². The summed E-state index contributed by atoms with van der Waals surface area (Å²) >= 11 is 0.539. The highest BCUT2D eigenvalue weighted by molar-refractivity contribution is 7.11. The zero-order chi connectivity index (χ0) is 13.3. The highest BCUT2D eigenvalue weighted by Crippen LogP contribution is 2.35. The Bertz CT molecular complexity index is 532. The zero-order valence-corrected chi connectivity index (χ0v) is 10.3. The Labute approximate surface area is 105 Å². The molecule has 0 amide bonds. The van der Waals surface area contributed by atoms with Gasteiger partial charge < -0.3 is 10.2 Å². The molecule has 2 aromatic rings. The molecular formula is C11H11F3N2OS. The van der Waals surface area contributed by atoms with Gasteiger partial charge in [0.25, 0.3) is 0 Å². The van der Waals surface area contributed by atoms with E-state index in [-0.39, 0.29) is 0 Å². The molecule has 0 saturated heterocycles. The van der Waals surface area contributed by atoms with Crippen LogP contribution >= 0.6 is 11.3 Å². The van der Waals surface area contributed by atoms with Crippen molar-refractivity contribution in [2.75, 3.05) is 0 Å². The molecule has 2 aromatic heterocycles. The number of halogens is 3. The molecule has 2 heterocycles. The van der Waals surface area contributed by atoms with Gasteiger partial charge in [0.1, 0.15) is 11.5 Å². The molecule has 1 atom stereocenters. The van der Waals surface area contributed by atoms with Gasteiger partial charge in [-0.25, -0.2) is 4.98 Å². The van der Waals surface area contributed by atoms with Gasteiger partial charge in [-0.2, -0.15) is 13.2 Å². The lowest BCUT2D eigenvalue weighted by Gasteiger charge is -2.05. The lowest BCUT2D eigenvalue weighted by Crippen LogP contribution is -2.09. The van der Waals surface area contributed by atoms with Crippen molar-refractivity contribution in [1.82, 2.24) is 4.98 Å². The van der Waals surface area contributed by atoms with E-state index in [9.17, 15) is 13.2 Å². The van der Waals surface area contributed by atoms with Crippen LogP contribution in [0.4, 0.5) is 13.2 Å². The molecule has 0 aliphatic carbocycles. The Hall–Kier alpha value is -1.34. The molecule has 0 aromatic carbocycles. The fraction of sp³-hybridized carbons (Fsp3) is 0.364. The van der Waals surface area contributed by atoms with E-state index in [2.05, 4.69) is 4.98 Å². The van der Waals surface area contributed by atoms with Crippen molar-refractivity contribution >= 4 is 11.3 Å². The minimum absolute atomic E-state index is 0.333.